The lowest BCUT2D eigenvalue weighted by atomic mass is 10.3. The third-order valence-corrected chi connectivity index (χ3v) is 5.03. The van der Waals surface area contributed by atoms with Crippen LogP contribution in [0.4, 0.5) is 0 Å². The molecule has 0 aliphatic heterocycles. The number of aryl methyl sites for hydroxylation is 3. The van der Waals surface area contributed by atoms with Crippen LogP contribution >= 0.6 is 35.3 Å². The van der Waals surface area contributed by atoms with E-state index in [-0.39, 0.29) is 24.0 Å². The molecule has 3 aromatic heterocycles. The van der Waals surface area contributed by atoms with Crippen LogP contribution in [0, 0.1) is 20.8 Å². The first-order chi connectivity index (χ1) is 13.5. The molecule has 0 unspecified atom stereocenters. The summed E-state index contributed by atoms with van der Waals surface area (Å²) < 4.78 is 1.86. The van der Waals surface area contributed by atoms with Crippen molar-refractivity contribution < 1.29 is 0 Å². The van der Waals surface area contributed by atoms with E-state index >= 15 is 0 Å². The Balaban J connectivity index is 0.00000300. The molecule has 0 aliphatic carbocycles. The highest BCUT2D eigenvalue weighted by Crippen LogP contribution is 2.12. The van der Waals surface area contributed by atoms with Crippen LogP contribution in [0.3, 0.4) is 0 Å². The van der Waals surface area contributed by atoms with Crippen molar-refractivity contribution in [2.75, 3.05) is 13.6 Å². The maximum absolute atomic E-state index is 4.76. The number of halogens is 1. The molecule has 1 N–H and O–H groups in total. The first kappa shape index (κ1) is 23.3. The van der Waals surface area contributed by atoms with E-state index in [9.17, 15) is 0 Å². The van der Waals surface area contributed by atoms with Gasteiger partial charge in [0.05, 0.1) is 29.5 Å². The van der Waals surface area contributed by atoms with Crippen LogP contribution in [0.25, 0.3) is 5.82 Å². The van der Waals surface area contributed by atoms with E-state index in [1.807, 2.05) is 50.8 Å². The second kappa shape index (κ2) is 10.7. The Morgan fingerprint density at radius 2 is 2.07 bits per heavy atom. The number of hydrogen-bond acceptors (Lipinski definition) is 5. The summed E-state index contributed by atoms with van der Waals surface area (Å²) in [7, 11) is 2.03. The molecule has 0 aromatic carbocycles. The number of guanidine groups is 1. The molecule has 0 saturated heterocycles. The molecule has 0 radical (unpaired) electrons. The molecule has 156 valence electrons. The largest absolute Gasteiger partial charge is 0.357 e. The minimum Gasteiger partial charge on any atom is -0.357 e. The highest BCUT2D eigenvalue weighted by atomic mass is 127. The fourth-order valence-corrected chi connectivity index (χ4v) is 3.53. The summed E-state index contributed by atoms with van der Waals surface area (Å²) in [5, 5.41) is 11.0. The summed E-state index contributed by atoms with van der Waals surface area (Å²) >= 11 is 1.67. The molecule has 3 rings (SSSR count). The van der Waals surface area contributed by atoms with Crippen LogP contribution in [0.1, 0.15) is 34.6 Å². The number of thiazole rings is 1. The molecular formula is C20H28IN7S. The predicted molar refractivity (Wildman–Crippen MR) is 129 cm³/mol. The van der Waals surface area contributed by atoms with Gasteiger partial charge in [0.15, 0.2) is 11.8 Å². The van der Waals surface area contributed by atoms with Gasteiger partial charge in [0, 0.05) is 30.9 Å². The summed E-state index contributed by atoms with van der Waals surface area (Å²) in [4.78, 5) is 15.9. The third kappa shape index (κ3) is 6.23. The lowest BCUT2D eigenvalue weighted by molar-refractivity contribution is 0.471. The van der Waals surface area contributed by atoms with Crippen LogP contribution in [-0.4, -0.2) is 44.2 Å². The number of nitrogens with one attached hydrogen (secondary N) is 1. The van der Waals surface area contributed by atoms with E-state index in [2.05, 4.69) is 43.7 Å². The topological polar surface area (TPSA) is 71.2 Å². The maximum Gasteiger partial charge on any atom is 0.194 e. The van der Waals surface area contributed by atoms with Crippen LogP contribution < -0.4 is 5.32 Å². The molecule has 0 atom stereocenters. The summed E-state index contributed by atoms with van der Waals surface area (Å²) in [5.74, 6) is 1.68. The van der Waals surface area contributed by atoms with E-state index in [1.165, 1.54) is 0 Å². The van der Waals surface area contributed by atoms with Crippen LogP contribution in [0.5, 0.6) is 0 Å². The van der Waals surface area contributed by atoms with E-state index in [4.69, 9.17) is 4.99 Å². The maximum atomic E-state index is 4.76. The average Bonchev–Trinajstić information content (AvgIpc) is 3.23. The van der Waals surface area contributed by atoms with Gasteiger partial charge in [0.1, 0.15) is 0 Å². The van der Waals surface area contributed by atoms with Gasteiger partial charge in [-0.1, -0.05) is 6.07 Å². The van der Waals surface area contributed by atoms with Crippen molar-refractivity contribution in [1.82, 2.24) is 30.0 Å². The van der Waals surface area contributed by atoms with Crippen molar-refractivity contribution >= 4 is 41.3 Å². The molecule has 9 heteroatoms. The first-order valence-electron chi connectivity index (χ1n) is 9.35. The normalized spacial score (nSPS) is 11.3. The molecule has 3 aromatic rings. The number of aliphatic imine (C=N–C) groups is 1. The van der Waals surface area contributed by atoms with Crippen molar-refractivity contribution in [1.29, 1.82) is 0 Å². The first-order valence-corrected chi connectivity index (χ1v) is 10.2. The Labute approximate surface area is 193 Å². The van der Waals surface area contributed by atoms with E-state index in [0.29, 0.717) is 6.54 Å². The Morgan fingerprint density at radius 1 is 1.28 bits per heavy atom. The summed E-state index contributed by atoms with van der Waals surface area (Å²) in [6.45, 7) is 10.2. The van der Waals surface area contributed by atoms with Crippen LogP contribution in [0.2, 0.25) is 0 Å². The van der Waals surface area contributed by atoms with Crippen molar-refractivity contribution in [3.8, 4) is 5.82 Å². The minimum absolute atomic E-state index is 0. The van der Waals surface area contributed by atoms with Gasteiger partial charge in [-0.25, -0.2) is 19.6 Å². The van der Waals surface area contributed by atoms with Gasteiger partial charge in [-0.05, 0) is 45.4 Å². The van der Waals surface area contributed by atoms with Gasteiger partial charge < -0.3 is 10.2 Å². The fraction of sp³-hybridized carbons (Fsp3) is 0.400. The summed E-state index contributed by atoms with van der Waals surface area (Å²) in [6.07, 6.45) is 1.86. The van der Waals surface area contributed by atoms with E-state index in [0.717, 1.165) is 52.5 Å². The smallest absolute Gasteiger partial charge is 0.194 e. The lowest BCUT2D eigenvalue weighted by Gasteiger charge is -2.21. The molecule has 0 saturated carbocycles. The number of aromatic nitrogens is 4. The number of rotatable bonds is 6. The van der Waals surface area contributed by atoms with Crippen molar-refractivity contribution in [3.05, 3.63) is 57.4 Å². The van der Waals surface area contributed by atoms with E-state index in [1.54, 1.807) is 11.3 Å². The number of pyridine rings is 1. The zero-order chi connectivity index (χ0) is 20.1. The van der Waals surface area contributed by atoms with Crippen molar-refractivity contribution in [2.45, 2.75) is 40.8 Å². The standard InChI is InChI=1S/C20H27N7S.HI/c1-6-21-20(26(5)12-18-13-28-16(4)24-18)23-11-17-7-8-19(22-10-17)27-15(3)9-14(2)25-27;/h7-10,13H,6,11-12H2,1-5H3,(H,21,23);1H. The quantitative estimate of drug-likeness (QED) is 0.301. The average molecular weight is 525 g/mol. The predicted octanol–water partition coefficient (Wildman–Crippen LogP) is 3.86. The van der Waals surface area contributed by atoms with Crippen molar-refractivity contribution in [2.24, 2.45) is 4.99 Å². The van der Waals surface area contributed by atoms with Gasteiger partial charge in [-0.3, -0.25) is 0 Å². The molecule has 7 nitrogen and oxygen atoms in total. The highest BCUT2D eigenvalue weighted by molar-refractivity contribution is 14.0. The Hall–Kier alpha value is -2.01. The third-order valence-electron chi connectivity index (χ3n) is 4.21. The fourth-order valence-electron chi connectivity index (χ4n) is 2.93. The van der Waals surface area contributed by atoms with Gasteiger partial charge in [0.2, 0.25) is 0 Å². The Kier molecular flexibility index (Phi) is 8.57. The molecule has 0 spiro atoms. The minimum atomic E-state index is 0. The monoisotopic (exact) mass is 525 g/mol. The van der Waals surface area contributed by atoms with Crippen molar-refractivity contribution in [3.63, 3.8) is 0 Å². The molecule has 0 fully saturated rings. The molecule has 0 bridgehead atoms. The molecular weight excluding hydrogens is 497 g/mol. The second-order valence-electron chi connectivity index (χ2n) is 6.75. The lowest BCUT2D eigenvalue weighted by Crippen LogP contribution is -2.38. The van der Waals surface area contributed by atoms with Crippen LogP contribution in [-0.2, 0) is 13.1 Å². The second-order valence-corrected chi connectivity index (χ2v) is 7.81. The SMILES string of the molecule is CCNC(=NCc1ccc(-n2nc(C)cc2C)nc1)N(C)Cc1csc(C)n1.I. The van der Waals surface area contributed by atoms with Gasteiger partial charge in [-0.2, -0.15) is 5.10 Å². The Morgan fingerprint density at radius 3 is 2.62 bits per heavy atom. The zero-order valence-electron chi connectivity index (χ0n) is 17.5. The summed E-state index contributed by atoms with van der Waals surface area (Å²) in [5.41, 5.74) is 4.18. The van der Waals surface area contributed by atoms with Gasteiger partial charge in [0.25, 0.3) is 0 Å². The number of hydrogen-bond donors (Lipinski definition) is 1. The molecule has 29 heavy (non-hydrogen) atoms. The molecule has 0 aliphatic rings. The number of nitrogens with zero attached hydrogens (tertiary/aromatic N) is 6. The highest BCUT2D eigenvalue weighted by Gasteiger charge is 2.09. The summed E-state index contributed by atoms with van der Waals surface area (Å²) in [6, 6.07) is 6.08. The van der Waals surface area contributed by atoms with Gasteiger partial charge in [-0.15, -0.1) is 35.3 Å². The zero-order valence-corrected chi connectivity index (χ0v) is 20.7. The van der Waals surface area contributed by atoms with E-state index < -0.39 is 0 Å². The molecule has 0 amide bonds. The van der Waals surface area contributed by atoms with Crippen LogP contribution in [0.15, 0.2) is 34.8 Å². The van der Waals surface area contributed by atoms with Gasteiger partial charge >= 0.3 is 0 Å². The molecule has 3 heterocycles. The Bertz CT molecular complexity index is 946.